The van der Waals surface area contributed by atoms with Crippen molar-refractivity contribution in [3.63, 3.8) is 0 Å². The van der Waals surface area contributed by atoms with E-state index in [0.717, 1.165) is 13.5 Å². The highest BCUT2D eigenvalue weighted by Gasteiger charge is 1.56. The third kappa shape index (κ3) is 37.6. The highest BCUT2D eigenvalue weighted by Crippen LogP contribution is 1.75. The standard InChI is InChI=1S/C4H9.CH4O/c1-3-4-2;1-2/h1,3-4H2,2H3;2H,1H3. The van der Waals surface area contributed by atoms with Crippen LogP contribution in [0.4, 0.5) is 0 Å². The van der Waals surface area contributed by atoms with Gasteiger partial charge in [0.05, 0.1) is 0 Å². The third-order valence-electron chi connectivity index (χ3n) is 0.354. The third-order valence-corrected chi connectivity index (χ3v) is 0.354. The van der Waals surface area contributed by atoms with E-state index in [0.29, 0.717) is 0 Å². The number of aliphatic hydroxyl groups excluding tert-OH is 1. The van der Waals surface area contributed by atoms with E-state index in [1.165, 1.54) is 6.42 Å². The molecule has 39 valence electrons. The van der Waals surface area contributed by atoms with Gasteiger partial charge in [0, 0.05) is 7.11 Å². The summed E-state index contributed by atoms with van der Waals surface area (Å²) in [6.45, 7) is 5.72. The van der Waals surface area contributed by atoms with Crippen molar-refractivity contribution in [1.82, 2.24) is 0 Å². The predicted molar refractivity (Wildman–Crippen MR) is 28.4 cm³/mol. The van der Waals surface area contributed by atoms with E-state index in [-0.39, 0.29) is 0 Å². The smallest absolute Gasteiger partial charge is 0.0319 e. The van der Waals surface area contributed by atoms with E-state index < -0.39 is 0 Å². The van der Waals surface area contributed by atoms with Gasteiger partial charge in [-0.3, -0.25) is 0 Å². The molecule has 0 aliphatic carbocycles. The SMILES string of the molecule is CO.[CH2]CCC. The first-order valence-corrected chi connectivity index (χ1v) is 2.15. The second-order valence-electron chi connectivity index (χ2n) is 0.854. The molecule has 0 aromatic heterocycles. The molecule has 0 fully saturated rings. The van der Waals surface area contributed by atoms with Crippen LogP contribution in [0.25, 0.3) is 0 Å². The first kappa shape index (κ1) is 9.35. The second kappa shape index (κ2) is 20.2. The minimum atomic E-state index is 1.00. The van der Waals surface area contributed by atoms with Crippen LogP contribution in [0.2, 0.25) is 0 Å². The lowest BCUT2D eigenvalue weighted by molar-refractivity contribution is 0.399. The molecule has 0 amide bonds. The summed E-state index contributed by atoms with van der Waals surface area (Å²) in [6, 6.07) is 0. The maximum atomic E-state index is 7.00. The van der Waals surface area contributed by atoms with Crippen LogP contribution in [0, 0.1) is 6.92 Å². The van der Waals surface area contributed by atoms with Crippen LogP contribution >= 0.6 is 0 Å². The number of rotatable bonds is 1. The van der Waals surface area contributed by atoms with Gasteiger partial charge in [0.1, 0.15) is 0 Å². The fourth-order valence-electron chi connectivity index (χ4n) is 0. The van der Waals surface area contributed by atoms with Crippen molar-refractivity contribution in [2.75, 3.05) is 7.11 Å². The highest BCUT2D eigenvalue weighted by molar-refractivity contribution is 4.29. The largest absolute Gasteiger partial charge is 0.400 e. The summed E-state index contributed by atoms with van der Waals surface area (Å²) in [5.41, 5.74) is 0. The maximum Gasteiger partial charge on any atom is 0.0319 e. The lowest BCUT2D eigenvalue weighted by atomic mass is 10.4. The molecule has 0 rings (SSSR count). The molecule has 1 heteroatoms. The summed E-state index contributed by atoms with van der Waals surface area (Å²) in [7, 11) is 1.00. The van der Waals surface area contributed by atoms with Crippen molar-refractivity contribution in [2.24, 2.45) is 0 Å². The normalized spacial score (nSPS) is 6.00. The summed E-state index contributed by atoms with van der Waals surface area (Å²) in [6.07, 6.45) is 2.28. The Labute approximate surface area is 40.0 Å². The van der Waals surface area contributed by atoms with Crippen molar-refractivity contribution in [2.45, 2.75) is 19.8 Å². The summed E-state index contributed by atoms with van der Waals surface area (Å²) in [5, 5.41) is 7.00. The Morgan fingerprint density at radius 2 is 1.67 bits per heavy atom. The summed E-state index contributed by atoms with van der Waals surface area (Å²) in [4.78, 5) is 0. The topological polar surface area (TPSA) is 20.2 Å². The Morgan fingerprint density at radius 1 is 1.50 bits per heavy atom. The van der Waals surface area contributed by atoms with Gasteiger partial charge < -0.3 is 5.11 Å². The minimum Gasteiger partial charge on any atom is -0.400 e. The molecule has 1 radical (unpaired) electrons. The van der Waals surface area contributed by atoms with Crippen LogP contribution in [0.5, 0.6) is 0 Å². The molecule has 0 spiro atoms. The molecule has 6 heavy (non-hydrogen) atoms. The van der Waals surface area contributed by atoms with Gasteiger partial charge in [-0.2, -0.15) is 0 Å². The predicted octanol–water partition coefficient (Wildman–Crippen LogP) is 1.23. The van der Waals surface area contributed by atoms with Crippen LogP contribution in [0.3, 0.4) is 0 Å². The van der Waals surface area contributed by atoms with Crippen LogP contribution in [-0.4, -0.2) is 12.2 Å². The van der Waals surface area contributed by atoms with Gasteiger partial charge in [0.2, 0.25) is 0 Å². The molecule has 0 aromatic carbocycles. The van der Waals surface area contributed by atoms with Crippen LogP contribution in [-0.2, 0) is 0 Å². The Hall–Kier alpha value is -0.0400. The van der Waals surface area contributed by atoms with E-state index in [1.807, 2.05) is 0 Å². The molecule has 0 heterocycles. The van der Waals surface area contributed by atoms with Gasteiger partial charge >= 0.3 is 0 Å². The zero-order valence-electron chi connectivity index (χ0n) is 4.57. The summed E-state index contributed by atoms with van der Waals surface area (Å²) >= 11 is 0. The number of hydrogen-bond donors (Lipinski definition) is 1. The Kier molecular flexibility index (Phi) is 31.6. The van der Waals surface area contributed by atoms with E-state index in [9.17, 15) is 0 Å². The Bertz CT molecular complexity index is 5.90. The van der Waals surface area contributed by atoms with Crippen LogP contribution in [0.15, 0.2) is 0 Å². The van der Waals surface area contributed by atoms with Crippen LogP contribution < -0.4 is 0 Å². The molecule has 0 saturated carbocycles. The lowest BCUT2D eigenvalue weighted by Crippen LogP contribution is -1.48. The van der Waals surface area contributed by atoms with E-state index in [2.05, 4.69) is 13.8 Å². The second-order valence-corrected chi connectivity index (χ2v) is 0.854. The molecular formula is C5H13O. The van der Waals surface area contributed by atoms with Crippen molar-refractivity contribution in [3.05, 3.63) is 6.92 Å². The van der Waals surface area contributed by atoms with Crippen molar-refractivity contribution >= 4 is 0 Å². The molecule has 0 atom stereocenters. The molecule has 0 aliphatic rings. The van der Waals surface area contributed by atoms with E-state index in [1.54, 1.807) is 0 Å². The number of unbranched alkanes of at least 4 members (excludes halogenated alkanes) is 1. The molecule has 1 nitrogen and oxygen atoms in total. The van der Waals surface area contributed by atoms with Gasteiger partial charge in [-0.1, -0.05) is 26.7 Å². The van der Waals surface area contributed by atoms with Gasteiger partial charge in [0.15, 0.2) is 0 Å². The average Bonchev–Trinajstić information content (AvgIpc) is 1.72. The van der Waals surface area contributed by atoms with Gasteiger partial charge in [-0.15, -0.1) is 0 Å². The molecule has 1 N–H and O–H groups in total. The maximum absolute atomic E-state index is 7.00. The number of hydrogen-bond acceptors (Lipinski definition) is 1. The first-order valence-electron chi connectivity index (χ1n) is 2.15. The minimum absolute atomic E-state index is 1.00. The Balaban J connectivity index is 0. The molecule has 0 saturated heterocycles. The van der Waals surface area contributed by atoms with E-state index >= 15 is 0 Å². The van der Waals surface area contributed by atoms with Gasteiger partial charge in [-0.05, 0) is 0 Å². The molecule has 0 bridgehead atoms. The monoisotopic (exact) mass is 89.1 g/mol. The molecule has 0 aliphatic heterocycles. The molecular weight excluding hydrogens is 76.1 g/mol. The highest BCUT2D eigenvalue weighted by atomic mass is 16.2. The quantitative estimate of drug-likeness (QED) is 0.512. The fraction of sp³-hybridized carbons (Fsp3) is 0.800. The number of aliphatic hydroxyl groups is 1. The summed E-state index contributed by atoms with van der Waals surface area (Å²) in [5.74, 6) is 0. The van der Waals surface area contributed by atoms with Gasteiger partial charge in [0.25, 0.3) is 0 Å². The Morgan fingerprint density at radius 3 is 1.67 bits per heavy atom. The first-order chi connectivity index (χ1) is 2.91. The van der Waals surface area contributed by atoms with Crippen molar-refractivity contribution in [3.8, 4) is 0 Å². The molecule has 0 unspecified atom stereocenters. The van der Waals surface area contributed by atoms with Gasteiger partial charge in [-0.25, -0.2) is 0 Å². The fourth-order valence-corrected chi connectivity index (χ4v) is 0. The molecule has 0 aromatic rings. The summed E-state index contributed by atoms with van der Waals surface area (Å²) < 4.78 is 0. The van der Waals surface area contributed by atoms with Crippen molar-refractivity contribution in [1.29, 1.82) is 0 Å². The van der Waals surface area contributed by atoms with Crippen LogP contribution in [0.1, 0.15) is 19.8 Å². The van der Waals surface area contributed by atoms with E-state index in [4.69, 9.17) is 5.11 Å². The lowest BCUT2D eigenvalue weighted by Gasteiger charge is -1.67. The van der Waals surface area contributed by atoms with Crippen molar-refractivity contribution < 1.29 is 5.11 Å². The zero-order valence-corrected chi connectivity index (χ0v) is 4.57. The average molecular weight is 89.2 g/mol. The zero-order chi connectivity index (χ0) is 5.41.